The van der Waals surface area contributed by atoms with Crippen molar-refractivity contribution in [1.82, 2.24) is 20.1 Å². The Morgan fingerprint density at radius 1 is 1.03 bits per heavy atom. The van der Waals surface area contributed by atoms with Gasteiger partial charge in [0.1, 0.15) is 5.82 Å². The van der Waals surface area contributed by atoms with E-state index >= 15 is 0 Å². The number of pyridine rings is 1. The van der Waals surface area contributed by atoms with Gasteiger partial charge >= 0.3 is 12.4 Å². The molecule has 5 nitrogen and oxygen atoms in total. The van der Waals surface area contributed by atoms with E-state index in [0.29, 0.717) is 35.7 Å². The Labute approximate surface area is 170 Å². The standard InChI is InChI=1S/C19H13F7N4O/c1-10-6-11(2-4-14(10)20)7-28-17(31)13-9-29-30(16(13)19(24,25)26)15-5-3-12(8-27-15)18(21,22)23/h2-6,8-9H,7H2,1H3,(H,28,31). The van der Waals surface area contributed by atoms with E-state index in [1.54, 1.807) is 0 Å². The minimum absolute atomic E-state index is 0.180. The molecular weight excluding hydrogens is 433 g/mol. The number of benzene rings is 1. The number of nitrogens with zero attached hydrogens (tertiary/aromatic N) is 3. The molecule has 0 aliphatic carbocycles. The molecule has 3 aromatic rings. The second-order valence-electron chi connectivity index (χ2n) is 6.49. The zero-order valence-corrected chi connectivity index (χ0v) is 15.6. The maximum Gasteiger partial charge on any atom is 0.434 e. The van der Waals surface area contributed by atoms with Crippen LogP contribution in [0.15, 0.2) is 42.7 Å². The van der Waals surface area contributed by atoms with Crippen molar-refractivity contribution in [2.75, 3.05) is 0 Å². The van der Waals surface area contributed by atoms with Crippen LogP contribution in [0.3, 0.4) is 0 Å². The van der Waals surface area contributed by atoms with Gasteiger partial charge in [0.25, 0.3) is 5.91 Å². The third kappa shape index (κ3) is 4.84. The van der Waals surface area contributed by atoms with Crippen LogP contribution in [0.25, 0.3) is 5.82 Å². The van der Waals surface area contributed by atoms with Crippen molar-refractivity contribution in [3.63, 3.8) is 0 Å². The van der Waals surface area contributed by atoms with E-state index in [0.717, 1.165) is 6.07 Å². The summed E-state index contributed by atoms with van der Waals surface area (Å²) >= 11 is 0. The van der Waals surface area contributed by atoms with Crippen LogP contribution in [0.2, 0.25) is 0 Å². The first-order chi connectivity index (χ1) is 14.4. The van der Waals surface area contributed by atoms with Crippen LogP contribution in [-0.4, -0.2) is 20.7 Å². The highest BCUT2D eigenvalue weighted by molar-refractivity contribution is 5.95. The lowest BCUT2D eigenvalue weighted by atomic mass is 10.1. The molecule has 1 amide bonds. The summed E-state index contributed by atoms with van der Waals surface area (Å²) < 4.78 is 92.4. The molecule has 0 saturated carbocycles. The Hall–Kier alpha value is -3.44. The quantitative estimate of drug-likeness (QED) is 0.592. The highest BCUT2D eigenvalue weighted by Crippen LogP contribution is 2.34. The number of hydrogen-bond acceptors (Lipinski definition) is 3. The highest BCUT2D eigenvalue weighted by Gasteiger charge is 2.41. The van der Waals surface area contributed by atoms with Crippen LogP contribution >= 0.6 is 0 Å². The Balaban J connectivity index is 1.90. The predicted molar refractivity (Wildman–Crippen MR) is 93.7 cm³/mol. The SMILES string of the molecule is Cc1cc(CNC(=O)c2cnn(-c3ccc(C(F)(F)F)cn3)c2C(F)(F)F)ccc1F. The van der Waals surface area contributed by atoms with Crippen molar-refractivity contribution >= 4 is 5.91 Å². The first-order valence-corrected chi connectivity index (χ1v) is 8.60. The maximum atomic E-state index is 13.6. The Bertz CT molecular complexity index is 1100. The average Bonchev–Trinajstić information content (AvgIpc) is 3.14. The Morgan fingerprint density at radius 2 is 1.74 bits per heavy atom. The molecule has 2 heterocycles. The van der Waals surface area contributed by atoms with Crippen molar-refractivity contribution in [2.45, 2.75) is 25.8 Å². The molecule has 1 aromatic carbocycles. The second kappa shape index (κ2) is 8.00. The van der Waals surface area contributed by atoms with E-state index in [2.05, 4.69) is 15.4 Å². The number of aromatic nitrogens is 3. The van der Waals surface area contributed by atoms with Crippen molar-refractivity contribution in [1.29, 1.82) is 0 Å². The van der Waals surface area contributed by atoms with Gasteiger partial charge in [0.2, 0.25) is 0 Å². The molecule has 0 saturated heterocycles. The summed E-state index contributed by atoms with van der Waals surface area (Å²) in [4.78, 5) is 15.7. The molecule has 31 heavy (non-hydrogen) atoms. The van der Waals surface area contributed by atoms with E-state index in [-0.39, 0.29) is 11.2 Å². The Morgan fingerprint density at radius 3 is 2.29 bits per heavy atom. The number of hydrogen-bond donors (Lipinski definition) is 1. The summed E-state index contributed by atoms with van der Waals surface area (Å²) in [5.74, 6) is -2.14. The van der Waals surface area contributed by atoms with Crippen LogP contribution in [0.1, 0.15) is 32.7 Å². The largest absolute Gasteiger partial charge is 0.434 e. The molecule has 1 N–H and O–H groups in total. The fourth-order valence-electron chi connectivity index (χ4n) is 2.73. The number of aryl methyl sites for hydroxylation is 1. The summed E-state index contributed by atoms with van der Waals surface area (Å²) in [7, 11) is 0. The molecular formula is C19H13F7N4O. The maximum absolute atomic E-state index is 13.6. The molecule has 0 aliphatic heterocycles. The molecule has 0 aliphatic rings. The van der Waals surface area contributed by atoms with E-state index in [9.17, 15) is 35.5 Å². The van der Waals surface area contributed by atoms with Gasteiger partial charge in [-0.1, -0.05) is 12.1 Å². The molecule has 12 heteroatoms. The van der Waals surface area contributed by atoms with Crippen LogP contribution in [0.4, 0.5) is 30.7 Å². The minimum Gasteiger partial charge on any atom is -0.348 e. The van der Waals surface area contributed by atoms with Gasteiger partial charge in [0.05, 0.1) is 17.3 Å². The number of carbonyl (C=O) groups is 1. The van der Waals surface area contributed by atoms with E-state index < -0.39 is 46.7 Å². The van der Waals surface area contributed by atoms with Gasteiger partial charge in [-0.2, -0.15) is 31.4 Å². The molecule has 0 radical (unpaired) electrons. The summed E-state index contributed by atoms with van der Waals surface area (Å²) in [6.45, 7) is 1.31. The summed E-state index contributed by atoms with van der Waals surface area (Å²) in [5.41, 5.74) is -2.73. The number of amides is 1. The van der Waals surface area contributed by atoms with Gasteiger partial charge in [-0.15, -0.1) is 0 Å². The van der Waals surface area contributed by atoms with E-state index in [1.165, 1.54) is 19.1 Å². The number of nitrogens with one attached hydrogen (secondary N) is 1. The van der Waals surface area contributed by atoms with Crippen molar-refractivity contribution < 1.29 is 35.5 Å². The van der Waals surface area contributed by atoms with Crippen LogP contribution < -0.4 is 5.32 Å². The van der Waals surface area contributed by atoms with Gasteiger partial charge in [-0.3, -0.25) is 4.79 Å². The smallest absolute Gasteiger partial charge is 0.348 e. The fourth-order valence-corrected chi connectivity index (χ4v) is 2.73. The zero-order chi connectivity index (χ0) is 23.0. The minimum atomic E-state index is -5.06. The molecule has 0 spiro atoms. The van der Waals surface area contributed by atoms with Crippen LogP contribution in [0.5, 0.6) is 0 Å². The summed E-state index contributed by atoms with van der Waals surface area (Å²) in [6.07, 6.45) is -8.76. The number of rotatable bonds is 4. The first-order valence-electron chi connectivity index (χ1n) is 8.60. The average molecular weight is 446 g/mol. The molecule has 164 valence electrons. The van der Waals surface area contributed by atoms with Crippen molar-refractivity contribution in [2.24, 2.45) is 0 Å². The molecule has 0 fully saturated rings. The van der Waals surface area contributed by atoms with Crippen LogP contribution in [-0.2, 0) is 18.9 Å². The van der Waals surface area contributed by atoms with Crippen LogP contribution in [0, 0.1) is 12.7 Å². The third-order valence-electron chi connectivity index (χ3n) is 4.25. The molecule has 0 atom stereocenters. The molecule has 3 rings (SSSR count). The lowest BCUT2D eigenvalue weighted by Gasteiger charge is -2.13. The number of carbonyl (C=O) groups excluding carboxylic acids is 1. The lowest BCUT2D eigenvalue weighted by molar-refractivity contribution is -0.143. The van der Waals surface area contributed by atoms with Crippen molar-refractivity contribution in [3.8, 4) is 5.82 Å². The molecule has 0 bridgehead atoms. The van der Waals surface area contributed by atoms with Gasteiger partial charge in [-0.25, -0.2) is 14.1 Å². The summed E-state index contributed by atoms with van der Waals surface area (Å²) in [5, 5.41) is 5.77. The predicted octanol–water partition coefficient (Wildman–Crippen LogP) is 4.68. The number of alkyl halides is 6. The first kappa shape index (κ1) is 22.2. The molecule has 0 unspecified atom stereocenters. The normalized spacial score (nSPS) is 12.1. The Kier molecular flexibility index (Phi) is 5.74. The van der Waals surface area contributed by atoms with Crippen molar-refractivity contribution in [3.05, 3.63) is 76.5 Å². The van der Waals surface area contributed by atoms with Gasteiger partial charge in [0, 0.05) is 12.7 Å². The highest BCUT2D eigenvalue weighted by atomic mass is 19.4. The third-order valence-corrected chi connectivity index (χ3v) is 4.25. The van der Waals surface area contributed by atoms with Gasteiger partial charge in [0.15, 0.2) is 11.5 Å². The fraction of sp³-hybridized carbons (Fsp3) is 0.211. The zero-order valence-electron chi connectivity index (χ0n) is 15.6. The number of halogens is 7. The second-order valence-corrected chi connectivity index (χ2v) is 6.49. The topological polar surface area (TPSA) is 59.8 Å². The van der Waals surface area contributed by atoms with Gasteiger partial charge in [-0.05, 0) is 36.2 Å². The monoisotopic (exact) mass is 446 g/mol. The lowest BCUT2D eigenvalue weighted by Crippen LogP contribution is -2.26. The van der Waals surface area contributed by atoms with E-state index in [4.69, 9.17) is 0 Å². The molecule has 2 aromatic heterocycles. The summed E-state index contributed by atoms with van der Waals surface area (Å²) in [6, 6.07) is 5.22. The van der Waals surface area contributed by atoms with E-state index in [1.807, 2.05) is 0 Å². The van der Waals surface area contributed by atoms with Gasteiger partial charge < -0.3 is 5.32 Å².